The number of hydrogen-bond acceptors (Lipinski definition) is 2. The standard InChI is InChI=1S/C13H12ClNO4/c14-7-4-5-8-9(2-1-3-11(16)17)12(13(18)19)15-10(8)6-7/h4-6,15H,1-3H2,(H,16,17)(H,18,19). The minimum atomic E-state index is -1.06. The SMILES string of the molecule is O=C(O)CCCc1c(C(=O)O)[nH]c2cc(Cl)ccc12. The van der Waals surface area contributed by atoms with Gasteiger partial charge in [-0.1, -0.05) is 17.7 Å². The van der Waals surface area contributed by atoms with Crippen molar-refractivity contribution in [3.63, 3.8) is 0 Å². The molecule has 5 nitrogen and oxygen atoms in total. The van der Waals surface area contributed by atoms with Gasteiger partial charge in [0, 0.05) is 22.3 Å². The second-order valence-electron chi connectivity index (χ2n) is 4.22. The Morgan fingerprint density at radius 1 is 1.26 bits per heavy atom. The summed E-state index contributed by atoms with van der Waals surface area (Å²) in [6.45, 7) is 0. The van der Waals surface area contributed by atoms with Crippen LogP contribution < -0.4 is 0 Å². The molecule has 0 saturated heterocycles. The van der Waals surface area contributed by atoms with Gasteiger partial charge in [-0.25, -0.2) is 4.79 Å². The first kappa shape index (κ1) is 13.4. The Balaban J connectivity index is 2.40. The first-order chi connectivity index (χ1) is 8.99. The Labute approximate surface area is 113 Å². The molecule has 1 aromatic heterocycles. The molecule has 0 spiro atoms. The van der Waals surface area contributed by atoms with E-state index in [1.54, 1.807) is 18.2 Å². The number of carboxylic acids is 2. The van der Waals surface area contributed by atoms with Gasteiger partial charge in [0.1, 0.15) is 5.69 Å². The number of aromatic carboxylic acids is 1. The summed E-state index contributed by atoms with van der Waals surface area (Å²) in [5, 5.41) is 19.1. The Morgan fingerprint density at radius 2 is 2.00 bits per heavy atom. The number of fused-ring (bicyclic) bond motifs is 1. The number of aryl methyl sites for hydroxylation is 1. The molecule has 0 atom stereocenters. The van der Waals surface area contributed by atoms with Crippen LogP contribution in [0, 0.1) is 0 Å². The van der Waals surface area contributed by atoms with Crippen molar-refractivity contribution in [2.75, 3.05) is 0 Å². The Morgan fingerprint density at radius 3 is 2.63 bits per heavy atom. The number of hydrogen-bond donors (Lipinski definition) is 3. The molecule has 3 N–H and O–H groups in total. The third-order valence-corrected chi connectivity index (χ3v) is 3.13. The summed E-state index contributed by atoms with van der Waals surface area (Å²) in [6.07, 6.45) is 0.806. The smallest absolute Gasteiger partial charge is 0.352 e. The van der Waals surface area contributed by atoms with E-state index in [-0.39, 0.29) is 12.1 Å². The van der Waals surface area contributed by atoms with E-state index in [2.05, 4.69) is 4.98 Å². The maximum atomic E-state index is 11.2. The zero-order valence-electron chi connectivity index (χ0n) is 9.94. The summed E-state index contributed by atoms with van der Waals surface area (Å²) in [5.74, 6) is -1.95. The van der Waals surface area contributed by atoms with Crippen molar-refractivity contribution >= 4 is 34.4 Å². The van der Waals surface area contributed by atoms with Gasteiger partial charge in [-0.2, -0.15) is 0 Å². The first-order valence-corrected chi connectivity index (χ1v) is 6.12. The summed E-state index contributed by atoms with van der Waals surface area (Å²) in [6, 6.07) is 5.09. The van der Waals surface area contributed by atoms with Crippen molar-refractivity contribution in [1.29, 1.82) is 0 Å². The number of carbonyl (C=O) groups is 2. The highest BCUT2D eigenvalue weighted by Gasteiger charge is 2.17. The third-order valence-electron chi connectivity index (χ3n) is 2.90. The molecule has 0 bridgehead atoms. The van der Waals surface area contributed by atoms with E-state index in [9.17, 15) is 9.59 Å². The van der Waals surface area contributed by atoms with Gasteiger partial charge in [-0.3, -0.25) is 4.79 Å². The third kappa shape index (κ3) is 2.88. The highest BCUT2D eigenvalue weighted by atomic mass is 35.5. The predicted octanol–water partition coefficient (Wildman–Crippen LogP) is 2.93. The van der Waals surface area contributed by atoms with Gasteiger partial charge < -0.3 is 15.2 Å². The molecular weight excluding hydrogens is 270 g/mol. The van der Waals surface area contributed by atoms with Crippen LogP contribution in [-0.2, 0) is 11.2 Å². The largest absolute Gasteiger partial charge is 0.481 e. The van der Waals surface area contributed by atoms with Crippen LogP contribution in [0.4, 0.5) is 0 Å². The second kappa shape index (κ2) is 5.32. The van der Waals surface area contributed by atoms with Gasteiger partial charge >= 0.3 is 11.9 Å². The fraction of sp³-hybridized carbons (Fsp3) is 0.231. The molecule has 1 aromatic carbocycles. The summed E-state index contributed by atoms with van der Waals surface area (Å²) in [4.78, 5) is 24.5. The average molecular weight is 282 g/mol. The van der Waals surface area contributed by atoms with E-state index < -0.39 is 11.9 Å². The molecule has 0 aliphatic heterocycles. The molecule has 0 saturated carbocycles. The molecule has 0 amide bonds. The lowest BCUT2D eigenvalue weighted by molar-refractivity contribution is -0.137. The minimum Gasteiger partial charge on any atom is -0.481 e. The van der Waals surface area contributed by atoms with Crippen molar-refractivity contribution in [3.8, 4) is 0 Å². The van der Waals surface area contributed by atoms with E-state index >= 15 is 0 Å². The van der Waals surface area contributed by atoms with E-state index in [1.165, 1.54) is 0 Å². The van der Waals surface area contributed by atoms with Crippen LogP contribution in [0.25, 0.3) is 10.9 Å². The maximum Gasteiger partial charge on any atom is 0.352 e. The van der Waals surface area contributed by atoms with Crippen LogP contribution in [0.15, 0.2) is 18.2 Å². The number of aliphatic carboxylic acids is 1. The zero-order chi connectivity index (χ0) is 14.0. The lowest BCUT2D eigenvalue weighted by atomic mass is 10.0. The molecule has 100 valence electrons. The number of rotatable bonds is 5. The van der Waals surface area contributed by atoms with Crippen LogP contribution >= 0.6 is 11.6 Å². The Kier molecular flexibility index (Phi) is 3.76. The number of halogens is 1. The van der Waals surface area contributed by atoms with Crippen LogP contribution in [0.2, 0.25) is 5.02 Å². The molecule has 19 heavy (non-hydrogen) atoms. The molecule has 0 aliphatic carbocycles. The molecule has 2 rings (SSSR count). The normalized spacial score (nSPS) is 10.8. The van der Waals surface area contributed by atoms with Crippen LogP contribution in [0.5, 0.6) is 0 Å². The molecule has 2 aromatic rings. The van der Waals surface area contributed by atoms with Gasteiger partial charge in [0.05, 0.1) is 0 Å². The number of H-pyrrole nitrogens is 1. The van der Waals surface area contributed by atoms with Crippen molar-refractivity contribution < 1.29 is 19.8 Å². The van der Waals surface area contributed by atoms with Crippen LogP contribution in [-0.4, -0.2) is 27.1 Å². The molecule has 1 heterocycles. The van der Waals surface area contributed by atoms with E-state index in [0.29, 0.717) is 28.9 Å². The number of benzene rings is 1. The summed E-state index contributed by atoms with van der Waals surface area (Å²) < 4.78 is 0. The van der Waals surface area contributed by atoms with E-state index in [4.69, 9.17) is 21.8 Å². The number of aromatic amines is 1. The summed E-state index contributed by atoms with van der Waals surface area (Å²) in [5.41, 5.74) is 1.37. The quantitative estimate of drug-likeness (QED) is 0.786. The number of carboxylic acid groups (broad SMARTS) is 2. The topological polar surface area (TPSA) is 90.4 Å². The molecule has 0 radical (unpaired) electrons. The summed E-state index contributed by atoms with van der Waals surface area (Å²) >= 11 is 5.86. The maximum absolute atomic E-state index is 11.2. The van der Waals surface area contributed by atoms with Crippen molar-refractivity contribution in [1.82, 2.24) is 4.98 Å². The minimum absolute atomic E-state index is 0.0132. The van der Waals surface area contributed by atoms with Gasteiger partial charge in [0.2, 0.25) is 0 Å². The van der Waals surface area contributed by atoms with Gasteiger partial charge in [0.15, 0.2) is 0 Å². The second-order valence-corrected chi connectivity index (χ2v) is 4.66. The molecular formula is C13H12ClNO4. The lowest BCUT2D eigenvalue weighted by Gasteiger charge is -2.00. The van der Waals surface area contributed by atoms with E-state index in [1.807, 2.05) is 0 Å². The van der Waals surface area contributed by atoms with Gasteiger partial charge in [-0.15, -0.1) is 0 Å². The molecule has 6 heteroatoms. The Bertz CT molecular complexity index is 647. The zero-order valence-corrected chi connectivity index (χ0v) is 10.7. The van der Waals surface area contributed by atoms with Crippen molar-refractivity contribution in [2.24, 2.45) is 0 Å². The van der Waals surface area contributed by atoms with Crippen LogP contribution in [0.1, 0.15) is 28.9 Å². The van der Waals surface area contributed by atoms with Crippen molar-refractivity contribution in [3.05, 3.63) is 34.5 Å². The molecule has 0 fully saturated rings. The van der Waals surface area contributed by atoms with Gasteiger partial charge in [0.25, 0.3) is 0 Å². The lowest BCUT2D eigenvalue weighted by Crippen LogP contribution is -2.02. The molecule has 0 unspecified atom stereocenters. The van der Waals surface area contributed by atoms with E-state index in [0.717, 1.165) is 5.39 Å². The highest BCUT2D eigenvalue weighted by molar-refractivity contribution is 6.31. The highest BCUT2D eigenvalue weighted by Crippen LogP contribution is 2.26. The number of nitrogens with one attached hydrogen (secondary N) is 1. The van der Waals surface area contributed by atoms with Crippen molar-refractivity contribution in [2.45, 2.75) is 19.3 Å². The summed E-state index contributed by atoms with van der Waals surface area (Å²) in [7, 11) is 0. The Hall–Kier alpha value is -2.01. The fourth-order valence-electron chi connectivity index (χ4n) is 2.09. The van der Waals surface area contributed by atoms with Gasteiger partial charge in [-0.05, 0) is 30.5 Å². The fourth-order valence-corrected chi connectivity index (χ4v) is 2.26. The predicted molar refractivity (Wildman–Crippen MR) is 70.8 cm³/mol. The average Bonchev–Trinajstić information content (AvgIpc) is 2.67. The molecule has 0 aliphatic rings. The first-order valence-electron chi connectivity index (χ1n) is 5.74. The monoisotopic (exact) mass is 281 g/mol. The van der Waals surface area contributed by atoms with Crippen LogP contribution in [0.3, 0.4) is 0 Å². The number of aromatic nitrogens is 1.